The lowest BCUT2D eigenvalue weighted by molar-refractivity contribution is 0.0864. The maximum Gasteiger partial charge on any atom is 0.267 e. The normalized spacial score (nSPS) is 14.6. The van der Waals surface area contributed by atoms with Crippen molar-refractivity contribution in [3.8, 4) is 0 Å². The van der Waals surface area contributed by atoms with Crippen LogP contribution in [-0.2, 0) is 4.74 Å². The van der Waals surface area contributed by atoms with Crippen molar-refractivity contribution < 1.29 is 14.6 Å². The van der Waals surface area contributed by atoms with Gasteiger partial charge in [0.05, 0.1) is 18.9 Å². The molecule has 19 heavy (non-hydrogen) atoms. The molecule has 0 spiro atoms. The minimum absolute atomic E-state index is 0.0283. The number of amides is 1. The largest absolute Gasteiger partial charge is 0.397 e. The molecule has 0 aliphatic heterocycles. The van der Waals surface area contributed by atoms with Crippen LogP contribution in [0.3, 0.4) is 0 Å². The molecule has 0 saturated heterocycles. The van der Waals surface area contributed by atoms with Gasteiger partial charge in [-0.05, 0) is 25.3 Å². The molecule has 0 unspecified atom stereocenters. The molecule has 1 aromatic rings. The highest BCUT2D eigenvalue weighted by molar-refractivity contribution is 5.93. The van der Waals surface area contributed by atoms with Crippen LogP contribution in [0.2, 0.25) is 0 Å². The fraction of sp³-hybridized carbons (Fsp3) is 0.615. The summed E-state index contributed by atoms with van der Waals surface area (Å²) >= 11 is 0. The van der Waals surface area contributed by atoms with Crippen LogP contribution in [0.15, 0.2) is 12.3 Å². The number of anilines is 1. The van der Waals surface area contributed by atoms with Gasteiger partial charge in [-0.15, -0.1) is 0 Å². The Morgan fingerprint density at radius 1 is 1.53 bits per heavy atom. The Balaban J connectivity index is 1.76. The minimum Gasteiger partial charge on any atom is -0.397 e. The van der Waals surface area contributed by atoms with Crippen LogP contribution in [0, 0.1) is 0 Å². The van der Waals surface area contributed by atoms with Gasteiger partial charge >= 0.3 is 0 Å². The number of ether oxygens (including phenoxy) is 1. The number of nitrogens with zero attached hydrogens (tertiary/aromatic N) is 1. The number of nitrogens with one attached hydrogen (secondary N) is 1. The van der Waals surface area contributed by atoms with Crippen molar-refractivity contribution in [2.24, 2.45) is 0 Å². The summed E-state index contributed by atoms with van der Waals surface area (Å²) in [5.74, 6) is -0.0919. The lowest BCUT2D eigenvalue weighted by Gasteiger charge is -2.08. The molecule has 1 aliphatic rings. The first-order valence-electron chi connectivity index (χ1n) is 6.66. The summed E-state index contributed by atoms with van der Waals surface area (Å²) in [6, 6.07) is 2.15. The average molecular weight is 267 g/mol. The zero-order valence-electron chi connectivity index (χ0n) is 11.0. The number of rotatable bonds is 8. The second kappa shape index (κ2) is 6.58. The van der Waals surface area contributed by atoms with Crippen LogP contribution in [0.5, 0.6) is 0 Å². The number of carbonyl (C=O) groups is 1. The first-order chi connectivity index (χ1) is 9.22. The van der Waals surface area contributed by atoms with Gasteiger partial charge in [0.25, 0.3) is 5.91 Å². The molecule has 1 fully saturated rings. The first-order valence-corrected chi connectivity index (χ1v) is 6.66. The summed E-state index contributed by atoms with van der Waals surface area (Å²) in [6.45, 7) is 1.46. The van der Waals surface area contributed by atoms with Crippen molar-refractivity contribution >= 4 is 11.6 Å². The standard InChI is InChI=1S/C13H21N3O3/c14-10-8-12(16(9-10)11-2-3-11)13(18)15-4-1-6-19-7-5-17/h8-9,11,17H,1-7,14H2,(H,15,18). The zero-order chi connectivity index (χ0) is 13.7. The van der Waals surface area contributed by atoms with Crippen molar-refractivity contribution in [1.29, 1.82) is 0 Å². The van der Waals surface area contributed by atoms with Gasteiger partial charge in [-0.3, -0.25) is 4.79 Å². The second-order valence-corrected chi connectivity index (χ2v) is 4.74. The maximum absolute atomic E-state index is 12.0. The average Bonchev–Trinajstić information content (AvgIpc) is 3.16. The quantitative estimate of drug-likeness (QED) is 0.599. The highest BCUT2D eigenvalue weighted by Gasteiger charge is 2.27. The Morgan fingerprint density at radius 3 is 3.00 bits per heavy atom. The third-order valence-corrected chi connectivity index (χ3v) is 3.03. The van der Waals surface area contributed by atoms with Crippen molar-refractivity contribution in [3.05, 3.63) is 18.0 Å². The van der Waals surface area contributed by atoms with E-state index < -0.39 is 0 Å². The van der Waals surface area contributed by atoms with Crippen LogP contribution >= 0.6 is 0 Å². The van der Waals surface area contributed by atoms with Gasteiger partial charge in [0.2, 0.25) is 0 Å². The third kappa shape index (κ3) is 3.97. The molecule has 0 atom stereocenters. The topological polar surface area (TPSA) is 89.5 Å². The fourth-order valence-electron chi connectivity index (χ4n) is 1.97. The highest BCUT2D eigenvalue weighted by atomic mass is 16.5. The summed E-state index contributed by atoms with van der Waals surface area (Å²) < 4.78 is 7.09. The summed E-state index contributed by atoms with van der Waals surface area (Å²) in [4.78, 5) is 12.0. The van der Waals surface area contributed by atoms with Crippen molar-refractivity contribution in [3.63, 3.8) is 0 Å². The van der Waals surface area contributed by atoms with E-state index in [1.165, 1.54) is 0 Å². The molecule has 4 N–H and O–H groups in total. The molecular weight excluding hydrogens is 246 g/mol. The van der Waals surface area contributed by atoms with E-state index in [9.17, 15) is 4.79 Å². The van der Waals surface area contributed by atoms with Crippen molar-refractivity contribution in [1.82, 2.24) is 9.88 Å². The Hall–Kier alpha value is -1.53. The Labute approximate surface area is 112 Å². The second-order valence-electron chi connectivity index (χ2n) is 4.74. The molecular formula is C13H21N3O3. The van der Waals surface area contributed by atoms with Gasteiger partial charge in [0, 0.05) is 25.4 Å². The van der Waals surface area contributed by atoms with Gasteiger partial charge in [-0.25, -0.2) is 0 Å². The molecule has 1 aliphatic carbocycles. The maximum atomic E-state index is 12.0. The van der Waals surface area contributed by atoms with Gasteiger partial charge < -0.3 is 25.5 Å². The van der Waals surface area contributed by atoms with Crippen molar-refractivity contribution in [2.75, 3.05) is 32.1 Å². The van der Waals surface area contributed by atoms with E-state index in [0.717, 1.165) is 19.3 Å². The number of hydrogen-bond donors (Lipinski definition) is 3. The van der Waals surface area contributed by atoms with Crippen LogP contribution in [0.4, 0.5) is 5.69 Å². The summed E-state index contributed by atoms with van der Waals surface area (Å²) in [6.07, 6.45) is 4.79. The van der Waals surface area contributed by atoms with Crippen LogP contribution < -0.4 is 11.1 Å². The van der Waals surface area contributed by atoms with E-state index in [2.05, 4.69) is 5.32 Å². The molecule has 2 rings (SSSR count). The first kappa shape index (κ1) is 13.9. The van der Waals surface area contributed by atoms with Crippen LogP contribution in [0.25, 0.3) is 0 Å². The molecule has 1 heterocycles. The SMILES string of the molecule is Nc1cc(C(=O)NCCCOCCO)n(C2CC2)c1. The number of aliphatic hydroxyl groups excluding tert-OH is 1. The number of carbonyl (C=O) groups excluding carboxylic acids is 1. The molecule has 1 saturated carbocycles. The Kier molecular flexibility index (Phi) is 4.81. The van der Waals surface area contributed by atoms with E-state index in [0.29, 0.717) is 37.2 Å². The van der Waals surface area contributed by atoms with Gasteiger partial charge in [0.15, 0.2) is 0 Å². The molecule has 0 bridgehead atoms. The monoisotopic (exact) mass is 267 g/mol. The lowest BCUT2D eigenvalue weighted by atomic mass is 10.3. The molecule has 0 aromatic carbocycles. The van der Waals surface area contributed by atoms with Crippen LogP contribution in [-0.4, -0.2) is 41.9 Å². The Morgan fingerprint density at radius 2 is 2.32 bits per heavy atom. The van der Waals surface area contributed by atoms with E-state index in [4.69, 9.17) is 15.6 Å². The van der Waals surface area contributed by atoms with Crippen molar-refractivity contribution in [2.45, 2.75) is 25.3 Å². The number of aromatic nitrogens is 1. The number of aliphatic hydroxyl groups is 1. The molecule has 6 nitrogen and oxygen atoms in total. The van der Waals surface area contributed by atoms with E-state index >= 15 is 0 Å². The van der Waals surface area contributed by atoms with E-state index in [1.807, 2.05) is 10.8 Å². The van der Waals surface area contributed by atoms with E-state index in [-0.39, 0.29) is 12.5 Å². The van der Waals surface area contributed by atoms with Gasteiger partial charge in [-0.1, -0.05) is 0 Å². The fourth-order valence-corrected chi connectivity index (χ4v) is 1.97. The predicted molar refractivity (Wildman–Crippen MR) is 72.0 cm³/mol. The highest BCUT2D eigenvalue weighted by Crippen LogP contribution is 2.37. The third-order valence-electron chi connectivity index (χ3n) is 3.03. The lowest BCUT2D eigenvalue weighted by Crippen LogP contribution is -2.27. The molecule has 1 aromatic heterocycles. The summed E-state index contributed by atoms with van der Waals surface area (Å²) in [7, 11) is 0. The zero-order valence-corrected chi connectivity index (χ0v) is 11.0. The molecule has 0 radical (unpaired) electrons. The molecule has 6 heteroatoms. The van der Waals surface area contributed by atoms with Crippen LogP contribution in [0.1, 0.15) is 35.8 Å². The predicted octanol–water partition coefficient (Wildman–Crippen LogP) is 0.534. The molecule has 106 valence electrons. The van der Waals surface area contributed by atoms with Gasteiger partial charge in [-0.2, -0.15) is 0 Å². The van der Waals surface area contributed by atoms with Gasteiger partial charge in [0.1, 0.15) is 5.69 Å². The smallest absolute Gasteiger partial charge is 0.267 e. The van der Waals surface area contributed by atoms with E-state index in [1.54, 1.807) is 6.07 Å². The number of nitrogen functional groups attached to an aromatic ring is 1. The summed E-state index contributed by atoms with van der Waals surface area (Å²) in [5, 5.41) is 11.4. The summed E-state index contributed by atoms with van der Waals surface area (Å²) in [5.41, 5.74) is 7.01. The Bertz CT molecular complexity index is 427. The minimum atomic E-state index is -0.0919. The number of hydrogen-bond acceptors (Lipinski definition) is 4. The molecule has 1 amide bonds. The number of nitrogens with two attached hydrogens (primary N) is 1.